The summed E-state index contributed by atoms with van der Waals surface area (Å²) in [6.07, 6.45) is 6.78. The number of benzene rings is 1. The Morgan fingerprint density at radius 2 is 2.29 bits per heavy atom. The van der Waals surface area contributed by atoms with Crippen molar-refractivity contribution in [1.29, 1.82) is 0 Å². The lowest BCUT2D eigenvalue weighted by Crippen LogP contribution is -2.39. The maximum Gasteiger partial charge on any atom is 0.317 e. The summed E-state index contributed by atoms with van der Waals surface area (Å²) in [5.74, 6) is -1.81. The second kappa shape index (κ2) is 6.98. The molecule has 1 aliphatic rings. The van der Waals surface area contributed by atoms with E-state index in [9.17, 15) is 13.6 Å². The fourth-order valence-electron chi connectivity index (χ4n) is 2.78. The van der Waals surface area contributed by atoms with Crippen LogP contribution in [-0.4, -0.2) is 40.1 Å². The molecule has 7 heteroatoms. The SMILES string of the molecule is CN(CCCn1ccnc1)C(=O)N[C@@H]1C[C@H]1c1cccc(F)c1F. The molecule has 1 aromatic heterocycles. The Morgan fingerprint density at radius 1 is 1.46 bits per heavy atom. The molecule has 1 saturated carbocycles. The number of halogens is 2. The van der Waals surface area contributed by atoms with Crippen LogP contribution in [0.1, 0.15) is 24.3 Å². The van der Waals surface area contributed by atoms with Crippen molar-refractivity contribution in [2.24, 2.45) is 0 Å². The van der Waals surface area contributed by atoms with Crippen molar-refractivity contribution >= 4 is 6.03 Å². The summed E-state index contributed by atoms with van der Waals surface area (Å²) in [5.41, 5.74) is 0.336. The minimum Gasteiger partial charge on any atom is -0.337 e. The minimum atomic E-state index is -0.846. The van der Waals surface area contributed by atoms with E-state index in [0.717, 1.165) is 19.0 Å². The van der Waals surface area contributed by atoms with Crippen molar-refractivity contribution < 1.29 is 13.6 Å². The van der Waals surface area contributed by atoms with Crippen LogP contribution in [0.3, 0.4) is 0 Å². The molecule has 1 heterocycles. The van der Waals surface area contributed by atoms with Gasteiger partial charge in [0.2, 0.25) is 0 Å². The van der Waals surface area contributed by atoms with Gasteiger partial charge in [-0.25, -0.2) is 18.6 Å². The van der Waals surface area contributed by atoms with Crippen LogP contribution < -0.4 is 5.32 Å². The summed E-state index contributed by atoms with van der Waals surface area (Å²) < 4.78 is 29.0. The highest BCUT2D eigenvalue weighted by atomic mass is 19.2. The number of hydrogen-bond donors (Lipinski definition) is 1. The number of nitrogens with one attached hydrogen (secondary N) is 1. The largest absolute Gasteiger partial charge is 0.337 e. The molecule has 3 rings (SSSR count). The van der Waals surface area contributed by atoms with E-state index in [-0.39, 0.29) is 18.0 Å². The van der Waals surface area contributed by atoms with Crippen molar-refractivity contribution in [3.8, 4) is 0 Å². The van der Waals surface area contributed by atoms with Crippen molar-refractivity contribution in [2.45, 2.75) is 31.3 Å². The van der Waals surface area contributed by atoms with Crippen LogP contribution in [0.4, 0.5) is 13.6 Å². The zero-order chi connectivity index (χ0) is 17.1. The number of carbonyl (C=O) groups is 1. The van der Waals surface area contributed by atoms with Gasteiger partial charge in [-0.3, -0.25) is 0 Å². The third kappa shape index (κ3) is 3.72. The molecule has 2 amide bonds. The summed E-state index contributed by atoms with van der Waals surface area (Å²) in [5, 5.41) is 2.87. The number of amides is 2. The van der Waals surface area contributed by atoms with Crippen LogP contribution in [0.15, 0.2) is 36.9 Å². The Bertz CT molecular complexity index is 705. The zero-order valence-corrected chi connectivity index (χ0v) is 13.5. The normalized spacial score (nSPS) is 19.1. The third-order valence-electron chi connectivity index (χ3n) is 4.30. The topological polar surface area (TPSA) is 50.2 Å². The number of imidazole rings is 1. The quantitative estimate of drug-likeness (QED) is 0.883. The average molecular weight is 334 g/mol. The van der Waals surface area contributed by atoms with E-state index >= 15 is 0 Å². The highest BCUT2D eigenvalue weighted by Crippen LogP contribution is 2.42. The number of nitrogens with zero attached hydrogens (tertiary/aromatic N) is 3. The van der Waals surface area contributed by atoms with Gasteiger partial charge < -0.3 is 14.8 Å². The molecule has 1 fully saturated rings. The van der Waals surface area contributed by atoms with Crippen LogP contribution in [0.25, 0.3) is 0 Å². The molecule has 1 N–H and O–H groups in total. The molecular weight excluding hydrogens is 314 g/mol. The predicted molar refractivity (Wildman–Crippen MR) is 85.5 cm³/mol. The van der Waals surface area contributed by atoms with Crippen LogP contribution in [0.5, 0.6) is 0 Å². The van der Waals surface area contributed by atoms with Crippen molar-refractivity contribution in [3.63, 3.8) is 0 Å². The van der Waals surface area contributed by atoms with E-state index in [1.807, 2.05) is 10.8 Å². The summed E-state index contributed by atoms with van der Waals surface area (Å²) in [6.45, 7) is 1.40. The maximum atomic E-state index is 13.8. The molecule has 0 saturated heterocycles. The Morgan fingerprint density at radius 3 is 3.04 bits per heavy atom. The van der Waals surface area contributed by atoms with Crippen LogP contribution >= 0.6 is 0 Å². The van der Waals surface area contributed by atoms with E-state index in [1.54, 1.807) is 30.5 Å². The predicted octanol–water partition coefficient (Wildman–Crippen LogP) is 2.75. The number of carbonyl (C=O) groups excluding carboxylic acids is 1. The molecule has 24 heavy (non-hydrogen) atoms. The van der Waals surface area contributed by atoms with Crippen LogP contribution in [0, 0.1) is 11.6 Å². The van der Waals surface area contributed by atoms with Gasteiger partial charge in [-0.05, 0) is 24.5 Å². The molecule has 2 atom stereocenters. The first-order valence-corrected chi connectivity index (χ1v) is 7.97. The molecule has 1 aliphatic carbocycles. The fourth-order valence-corrected chi connectivity index (χ4v) is 2.78. The lowest BCUT2D eigenvalue weighted by Gasteiger charge is -2.18. The number of hydrogen-bond acceptors (Lipinski definition) is 2. The molecule has 0 spiro atoms. The summed E-state index contributed by atoms with van der Waals surface area (Å²) >= 11 is 0. The van der Waals surface area contributed by atoms with E-state index < -0.39 is 11.6 Å². The van der Waals surface area contributed by atoms with Gasteiger partial charge >= 0.3 is 6.03 Å². The summed E-state index contributed by atoms with van der Waals surface area (Å²) in [7, 11) is 1.73. The second-order valence-corrected chi connectivity index (χ2v) is 6.12. The monoisotopic (exact) mass is 334 g/mol. The first-order valence-electron chi connectivity index (χ1n) is 7.97. The summed E-state index contributed by atoms with van der Waals surface area (Å²) in [6, 6.07) is 3.84. The highest BCUT2D eigenvalue weighted by Gasteiger charge is 2.41. The Labute approximate surface area is 139 Å². The molecule has 128 valence electrons. The zero-order valence-electron chi connectivity index (χ0n) is 13.5. The van der Waals surface area contributed by atoms with Gasteiger partial charge in [0.1, 0.15) is 0 Å². The molecule has 5 nitrogen and oxygen atoms in total. The van der Waals surface area contributed by atoms with Crippen molar-refractivity contribution in [1.82, 2.24) is 19.8 Å². The maximum absolute atomic E-state index is 13.8. The van der Waals surface area contributed by atoms with E-state index in [0.29, 0.717) is 18.5 Å². The molecule has 1 aromatic carbocycles. The lowest BCUT2D eigenvalue weighted by atomic mass is 10.1. The van der Waals surface area contributed by atoms with Gasteiger partial charge in [0.05, 0.1) is 6.33 Å². The second-order valence-electron chi connectivity index (χ2n) is 6.12. The number of rotatable bonds is 6. The molecule has 2 aromatic rings. The van der Waals surface area contributed by atoms with Gasteiger partial charge in [-0.15, -0.1) is 0 Å². The van der Waals surface area contributed by atoms with Crippen LogP contribution in [-0.2, 0) is 6.54 Å². The molecule has 0 bridgehead atoms. The highest BCUT2D eigenvalue weighted by molar-refractivity contribution is 5.74. The molecule has 0 unspecified atom stereocenters. The third-order valence-corrected chi connectivity index (χ3v) is 4.30. The van der Waals surface area contributed by atoms with E-state index in [2.05, 4.69) is 10.3 Å². The first-order chi connectivity index (χ1) is 11.6. The average Bonchev–Trinajstić information content (AvgIpc) is 3.11. The van der Waals surface area contributed by atoms with Crippen LogP contribution in [0.2, 0.25) is 0 Å². The fraction of sp³-hybridized carbons (Fsp3) is 0.412. The van der Waals surface area contributed by atoms with Gasteiger partial charge in [-0.1, -0.05) is 12.1 Å². The molecular formula is C17H20F2N4O. The van der Waals surface area contributed by atoms with Gasteiger partial charge in [0.15, 0.2) is 11.6 Å². The van der Waals surface area contributed by atoms with Gasteiger partial charge in [-0.2, -0.15) is 0 Å². The van der Waals surface area contributed by atoms with Gasteiger partial charge in [0.25, 0.3) is 0 Å². The number of urea groups is 1. The minimum absolute atomic E-state index is 0.134. The number of aryl methyl sites for hydroxylation is 1. The van der Waals surface area contributed by atoms with E-state index in [1.165, 1.54) is 6.07 Å². The summed E-state index contributed by atoms with van der Waals surface area (Å²) in [4.78, 5) is 17.7. The lowest BCUT2D eigenvalue weighted by molar-refractivity contribution is 0.207. The smallest absolute Gasteiger partial charge is 0.317 e. The van der Waals surface area contributed by atoms with Crippen molar-refractivity contribution in [2.75, 3.05) is 13.6 Å². The van der Waals surface area contributed by atoms with Crippen molar-refractivity contribution in [3.05, 3.63) is 54.1 Å². The Kier molecular flexibility index (Phi) is 4.78. The Hall–Kier alpha value is -2.44. The standard InChI is InChI=1S/C17H20F2N4O/c1-22(7-3-8-23-9-6-20-11-23)17(24)21-15-10-13(15)12-4-2-5-14(18)16(12)19/h2,4-6,9,11,13,15H,3,7-8,10H2,1H3,(H,21,24)/t13-,15+/m0/s1. The number of aromatic nitrogens is 2. The molecule has 0 aliphatic heterocycles. The van der Waals surface area contributed by atoms with E-state index in [4.69, 9.17) is 0 Å². The molecule has 0 radical (unpaired) electrons. The Balaban J connectivity index is 1.45. The first kappa shape index (κ1) is 16.4. The van der Waals surface area contributed by atoms with Gasteiger partial charge in [0, 0.05) is 44.5 Å².